The highest BCUT2D eigenvalue weighted by molar-refractivity contribution is 7.93. The van der Waals surface area contributed by atoms with E-state index in [4.69, 9.17) is 9.47 Å². The summed E-state index contributed by atoms with van der Waals surface area (Å²) in [7, 11) is -2.66. The summed E-state index contributed by atoms with van der Waals surface area (Å²) in [6.07, 6.45) is 1.37. The lowest BCUT2D eigenvalue weighted by Crippen LogP contribution is -2.38. The van der Waals surface area contributed by atoms with Crippen molar-refractivity contribution in [1.82, 2.24) is 4.98 Å². The Labute approximate surface area is 204 Å². The van der Waals surface area contributed by atoms with Crippen molar-refractivity contribution in [2.45, 2.75) is 11.8 Å². The van der Waals surface area contributed by atoms with Crippen LogP contribution in [0.4, 0.5) is 11.4 Å². The normalized spacial score (nSPS) is 11.1. The van der Waals surface area contributed by atoms with E-state index in [2.05, 4.69) is 10.3 Å². The van der Waals surface area contributed by atoms with Crippen molar-refractivity contribution in [1.29, 1.82) is 0 Å². The maximum atomic E-state index is 13.9. The van der Waals surface area contributed by atoms with E-state index < -0.39 is 22.5 Å². The van der Waals surface area contributed by atoms with Crippen molar-refractivity contribution in [2.24, 2.45) is 0 Å². The fourth-order valence-corrected chi connectivity index (χ4v) is 5.25. The third-order valence-corrected chi connectivity index (χ3v) is 7.10. The molecule has 180 valence electrons. The molecule has 4 rings (SSSR count). The molecule has 4 aromatic rings. The van der Waals surface area contributed by atoms with Gasteiger partial charge in [-0.05, 0) is 48.7 Å². The molecule has 1 N–H and O–H groups in total. The van der Waals surface area contributed by atoms with E-state index >= 15 is 0 Å². The predicted octanol–water partition coefficient (Wildman–Crippen LogP) is 4.48. The van der Waals surface area contributed by atoms with Gasteiger partial charge in [0.1, 0.15) is 12.3 Å². The summed E-state index contributed by atoms with van der Waals surface area (Å²) in [5.74, 6) is 0.499. The molecule has 1 aromatic heterocycles. The maximum Gasteiger partial charge on any atom is 0.265 e. The molecular formula is C26H25N3O5S. The van der Waals surface area contributed by atoms with Gasteiger partial charge >= 0.3 is 0 Å². The molecule has 0 radical (unpaired) electrons. The maximum absolute atomic E-state index is 13.9. The highest BCUT2D eigenvalue weighted by Crippen LogP contribution is 2.29. The van der Waals surface area contributed by atoms with Gasteiger partial charge in [0.05, 0.1) is 30.5 Å². The number of aromatic nitrogens is 1. The van der Waals surface area contributed by atoms with Crippen LogP contribution in [-0.2, 0) is 14.8 Å². The van der Waals surface area contributed by atoms with Crippen molar-refractivity contribution in [3.8, 4) is 11.6 Å². The van der Waals surface area contributed by atoms with Gasteiger partial charge in [-0.1, -0.05) is 36.4 Å². The molecule has 0 fully saturated rings. The summed E-state index contributed by atoms with van der Waals surface area (Å²) in [5, 5.41) is 4.09. The van der Waals surface area contributed by atoms with Gasteiger partial charge in [-0.15, -0.1) is 0 Å². The van der Waals surface area contributed by atoms with Crippen LogP contribution in [-0.4, -0.2) is 39.6 Å². The van der Waals surface area contributed by atoms with E-state index in [1.54, 1.807) is 54.6 Å². The smallest absolute Gasteiger partial charge is 0.265 e. The van der Waals surface area contributed by atoms with E-state index in [1.165, 1.54) is 19.4 Å². The first-order valence-electron chi connectivity index (χ1n) is 11.0. The van der Waals surface area contributed by atoms with Crippen molar-refractivity contribution in [2.75, 3.05) is 29.9 Å². The molecule has 35 heavy (non-hydrogen) atoms. The number of benzene rings is 3. The summed E-state index contributed by atoms with van der Waals surface area (Å²) in [4.78, 5) is 17.2. The van der Waals surface area contributed by atoms with Crippen molar-refractivity contribution >= 4 is 38.1 Å². The Balaban J connectivity index is 1.68. The number of hydrogen-bond acceptors (Lipinski definition) is 6. The van der Waals surface area contributed by atoms with Crippen LogP contribution in [0.1, 0.15) is 6.92 Å². The van der Waals surface area contributed by atoms with Gasteiger partial charge in [-0.3, -0.25) is 9.10 Å². The second-order valence-electron chi connectivity index (χ2n) is 7.55. The largest absolute Gasteiger partial charge is 0.494 e. The van der Waals surface area contributed by atoms with Gasteiger partial charge < -0.3 is 14.8 Å². The van der Waals surface area contributed by atoms with E-state index in [0.717, 1.165) is 9.69 Å². The molecule has 0 saturated carbocycles. The van der Waals surface area contributed by atoms with Crippen LogP contribution in [0.3, 0.4) is 0 Å². The number of carbonyl (C=O) groups is 1. The van der Waals surface area contributed by atoms with Gasteiger partial charge in [0.15, 0.2) is 0 Å². The zero-order valence-electron chi connectivity index (χ0n) is 19.3. The number of methoxy groups -OCH3 is 1. The van der Waals surface area contributed by atoms with Crippen LogP contribution in [0.25, 0.3) is 10.8 Å². The molecular weight excluding hydrogens is 466 g/mol. The molecule has 0 unspecified atom stereocenters. The molecule has 1 heterocycles. The number of nitrogens with zero attached hydrogens (tertiary/aromatic N) is 2. The first-order chi connectivity index (χ1) is 16.9. The topological polar surface area (TPSA) is 97.8 Å². The standard InChI is InChI=1S/C26H25N3O5S/c1-3-34-22-14-11-20(12-15-22)28-25(30)18-29(21-13-16-26(33-2)27-17-21)35(31,32)24-10-6-8-19-7-4-5-9-23(19)24/h4-17H,3,18H2,1-2H3,(H,28,30). The second kappa shape index (κ2) is 10.4. The summed E-state index contributed by atoms with van der Waals surface area (Å²) < 4.78 is 39.3. The predicted molar refractivity (Wildman–Crippen MR) is 136 cm³/mol. The lowest BCUT2D eigenvalue weighted by atomic mass is 10.1. The number of amides is 1. The summed E-state index contributed by atoms with van der Waals surface area (Å²) in [6.45, 7) is 1.96. The third kappa shape index (κ3) is 5.36. The van der Waals surface area contributed by atoms with Crippen LogP contribution in [0.15, 0.2) is 90.0 Å². The average Bonchev–Trinajstić information content (AvgIpc) is 2.88. The van der Waals surface area contributed by atoms with Gasteiger partial charge in [-0.2, -0.15) is 0 Å². The summed E-state index contributed by atoms with van der Waals surface area (Å²) in [5.41, 5.74) is 0.759. The number of ether oxygens (including phenoxy) is 2. The minimum atomic E-state index is -4.13. The van der Waals surface area contributed by atoms with E-state index in [1.807, 2.05) is 25.1 Å². The number of rotatable bonds is 9. The Morgan fingerprint density at radius 1 is 0.971 bits per heavy atom. The third-order valence-electron chi connectivity index (χ3n) is 5.27. The van der Waals surface area contributed by atoms with Crippen LogP contribution in [0.5, 0.6) is 11.6 Å². The Bertz CT molecular complexity index is 1420. The zero-order chi connectivity index (χ0) is 24.8. The first kappa shape index (κ1) is 24.0. The molecule has 0 aliphatic heterocycles. The molecule has 0 aliphatic carbocycles. The van der Waals surface area contributed by atoms with Crippen molar-refractivity contribution in [3.63, 3.8) is 0 Å². The fourth-order valence-electron chi connectivity index (χ4n) is 3.63. The number of pyridine rings is 1. The first-order valence-corrected chi connectivity index (χ1v) is 12.4. The van der Waals surface area contributed by atoms with E-state index in [9.17, 15) is 13.2 Å². The van der Waals surface area contributed by atoms with Crippen molar-refractivity contribution in [3.05, 3.63) is 85.1 Å². The number of fused-ring (bicyclic) bond motifs is 1. The molecule has 0 bridgehead atoms. The molecule has 9 heteroatoms. The minimum absolute atomic E-state index is 0.0975. The number of carbonyl (C=O) groups excluding carboxylic acids is 1. The van der Waals surface area contributed by atoms with Crippen LogP contribution in [0.2, 0.25) is 0 Å². The summed E-state index contributed by atoms with van der Waals surface area (Å²) >= 11 is 0. The van der Waals surface area contributed by atoms with Crippen molar-refractivity contribution < 1.29 is 22.7 Å². The quantitative estimate of drug-likeness (QED) is 0.371. The Kier molecular flexibility index (Phi) is 7.17. The average molecular weight is 492 g/mol. The van der Waals surface area contributed by atoms with Gasteiger partial charge in [0.2, 0.25) is 11.8 Å². The monoisotopic (exact) mass is 491 g/mol. The van der Waals surface area contributed by atoms with Gasteiger partial charge in [-0.25, -0.2) is 13.4 Å². The molecule has 0 atom stereocenters. The molecule has 0 saturated heterocycles. The number of sulfonamides is 1. The highest BCUT2D eigenvalue weighted by atomic mass is 32.2. The molecule has 0 spiro atoms. The number of anilines is 2. The Hall–Kier alpha value is -4.11. The molecule has 1 amide bonds. The summed E-state index contributed by atoms with van der Waals surface area (Å²) in [6, 6.07) is 22.2. The highest BCUT2D eigenvalue weighted by Gasteiger charge is 2.29. The van der Waals surface area contributed by atoms with E-state index in [-0.39, 0.29) is 10.6 Å². The second-order valence-corrected chi connectivity index (χ2v) is 9.38. The van der Waals surface area contributed by atoms with Crippen LogP contribution >= 0.6 is 0 Å². The number of nitrogens with one attached hydrogen (secondary N) is 1. The molecule has 8 nitrogen and oxygen atoms in total. The van der Waals surface area contributed by atoms with Crippen LogP contribution in [0, 0.1) is 0 Å². The molecule has 3 aromatic carbocycles. The fraction of sp³-hybridized carbons (Fsp3) is 0.154. The Morgan fingerprint density at radius 2 is 1.71 bits per heavy atom. The lowest BCUT2D eigenvalue weighted by molar-refractivity contribution is -0.114. The van der Waals surface area contributed by atoms with Gasteiger partial charge in [0, 0.05) is 17.1 Å². The van der Waals surface area contributed by atoms with E-state index in [0.29, 0.717) is 29.3 Å². The van der Waals surface area contributed by atoms with Crippen LogP contribution < -0.4 is 19.1 Å². The van der Waals surface area contributed by atoms with Gasteiger partial charge in [0.25, 0.3) is 10.0 Å². The zero-order valence-corrected chi connectivity index (χ0v) is 20.2. The molecule has 0 aliphatic rings. The minimum Gasteiger partial charge on any atom is -0.494 e. The Morgan fingerprint density at radius 3 is 2.40 bits per heavy atom. The lowest BCUT2D eigenvalue weighted by Gasteiger charge is -2.24. The SMILES string of the molecule is CCOc1ccc(NC(=O)CN(c2ccc(OC)nc2)S(=O)(=O)c2cccc3ccccc23)cc1. The number of hydrogen-bond donors (Lipinski definition) is 1.